The quantitative estimate of drug-likeness (QED) is 0.913. The van der Waals surface area contributed by atoms with Crippen LogP contribution >= 0.6 is 0 Å². The van der Waals surface area contributed by atoms with Crippen molar-refractivity contribution in [2.45, 2.75) is 19.8 Å². The third-order valence-corrected chi connectivity index (χ3v) is 5.47. The smallest absolute Gasteiger partial charge is 0.128 e. The number of anilines is 1. The number of aromatic nitrogens is 1. The number of hydrogen-bond donors (Lipinski definition) is 1. The first-order valence-electron chi connectivity index (χ1n) is 8.33. The summed E-state index contributed by atoms with van der Waals surface area (Å²) in [5.41, 5.74) is 1.91. The largest absolute Gasteiger partial charge is 0.357 e. The zero-order chi connectivity index (χ0) is 14.3. The normalized spacial score (nSPS) is 25.7. The first-order chi connectivity index (χ1) is 10.2. The molecule has 0 aliphatic carbocycles. The van der Waals surface area contributed by atoms with Crippen molar-refractivity contribution in [2.24, 2.45) is 11.3 Å². The highest BCUT2D eigenvalue weighted by Gasteiger charge is 2.47. The molecule has 0 unspecified atom stereocenters. The van der Waals surface area contributed by atoms with Crippen LogP contribution in [0.4, 0.5) is 5.82 Å². The van der Waals surface area contributed by atoms with Gasteiger partial charge in [-0.05, 0) is 37.3 Å². The van der Waals surface area contributed by atoms with E-state index in [1.807, 2.05) is 6.20 Å². The average Bonchev–Trinajstić information content (AvgIpc) is 2.42. The topological polar surface area (TPSA) is 31.4 Å². The molecule has 0 amide bonds. The lowest BCUT2D eigenvalue weighted by atomic mass is 9.74. The lowest BCUT2D eigenvalue weighted by Gasteiger charge is -2.57. The summed E-state index contributed by atoms with van der Waals surface area (Å²) in [6, 6.07) is 4.33. The molecule has 0 bridgehead atoms. The number of rotatable bonds is 3. The van der Waals surface area contributed by atoms with Crippen LogP contribution in [0.2, 0.25) is 0 Å². The minimum absolute atomic E-state index is 0.673. The highest BCUT2D eigenvalue weighted by molar-refractivity contribution is 5.39. The van der Waals surface area contributed by atoms with Crippen LogP contribution < -0.4 is 10.2 Å². The maximum atomic E-state index is 4.56. The molecule has 1 N–H and O–H groups in total. The summed E-state index contributed by atoms with van der Waals surface area (Å²) in [5.74, 6) is 2.04. The monoisotopic (exact) mass is 286 g/mol. The molecule has 1 spiro atoms. The molecule has 4 rings (SSSR count). The summed E-state index contributed by atoms with van der Waals surface area (Å²) in [4.78, 5) is 9.68. The van der Waals surface area contributed by atoms with Gasteiger partial charge in [0.05, 0.1) is 0 Å². The summed E-state index contributed by atoms with van der Waals surface area (Å²) >= 11 is 0. The SMILES string of the molecule is Cc1ccc(N2CCC(CN3CC4(CNC4)C3)CC2)nc1. The van der Waals surface area contributed by atoms with Crippen molar-refractivity contribution in [2.75, 3.05) is 50.7 Å². The summed E-state index contributed by atoms with van der Waals surface area (Å²) in [6.45, 7) is 10.9. The molecule has 0 saturated carbocycles. The van der Waals surface area contributed by atoms with Gasteiger partial charge in [0.15, 0.2) is 0 Å². The van der Waals surface area contributed by atoms with E-state index >= 15 is 0 Å². The van der Waals surface area contributed by atoms with Crippen molar-refractivity contribution in [1.82, 2.24) is 15.2 Å². The van der Waals surface area contributed by atoms with E-state index in [1.165, 1.54) is 64.2 Å². The lowest BCUT2D eigenvalue weighted by Crippen LogP contribution is -2.71. The minimum atomic E-state index is 0.673. The lowest BCUT2D eigenvalue weighted by molar-refractivity contribution is -0.0485. The van der Waals surface area contributed by atoms with E-state index in [0.29, 0.717) is 5.41 Å². The molecule has 114 valence electrons. The van der Waals surface area contributed by atoms with E-state index in [4.69, 9.17) is 0 Å². The summed E-state index contributed by atoms with van der Waals surface area (Å²) in [7, 11) is 0. The number of hydrogen-bond acceptors (Lipinski definition) is 4. The van der Waals surface area contributed by atoms with Gasteiger partial charge >= 0.3 is 0 Å². The van der Waals surface area contributed by atoms with Gasteiger partial charge in [-0.2, -0.15) is 0 Å². The Labute approximate surface area is 127 Å². The minimum Gasteiger partial charge on any atom is -0.357 e. The second-order valence-electron chi connectivity index (χ2n) is 7.40. The average molecular weight is 286 g/mol. The first-order valence-corrected chi connectivity index (χ1v) is 8.33. The zero-order valence-corrected chi connectivity index (χ0v) is 13.0. The highest BCUT2D eigenvalue weighted by atomic mass is 15.3. The van der Waals surface area contributed by atoms with Gasteiger partial charge in [-0.25, -0.2) is 4.98 Å². The number of aryl methyl sites for hydroxylation is 1. The van der Waals surface area contributed by atoms with Gasteiger partial charge in [-0.15, -0.1) is 0 Å². The van der Waals surface area contributed by atoms with Crippen molar-refractivity contribution >= 4 is 5.82 Å². The van der Waals surface area contributed by atoms with Gasteiger partial charge in [0.25, 0.3) is 0 Å². The molecule has 0 radical (unpaired) electrons. The third kappa shape index (κ3) is 2.67. The molecule has 3 saturated heterocycles. The van der Waals surface area contributed by atoms with Gasteiger partial charge in [-0.3, -0.25) is 0 Å². The number of nitrogens with one attached hydrogen (secondary N) is 1. The number of piperidine rings is 1. The van der Waals surface area contributed by atoms with E-state index in [1.54, 1.807) is 0 Å². The van der Waals surface area contributed by atoms with Gasteiger partial charge in [0.2, 0.25) is 0 Å². The van der Waals surface area contributed by atoms with Crippen molar-refractivity contribution in [3.8, 4) is 0 Å². The van der Waals surface area contributed by atoms with Crippen LogP contribution in [0.3, 0.4) is 0 Å². The van der Waals surface area contributed by atoms with E-state index < -0.39 is 0 Å². The van der Waals surface area contributed by atoms with Crippen LogP contribution in [0.25, 0.3) is 0 Å². The van der Waals surface area contributed by atoms with Crippen molar-refractivity contribution < 1.29 is 0 Å². The van der Waals surface area contributed by atoms with Crippen LogP contribution in [-0.2, 0) is 0 Å². The van der Waals surface area contributed by atoms with Crippen molar-refractivity contribution in [1.29, 1.82) is 0 Å². The van der Waals surface area contributed by atoms with Crippen LogP contribution in [0, 0.1) is 18.3 Å². The third-order valence-electron chi connectivity index (χ3n) is 5.47. The van der Waals surface area contributed by atoms with Crippen LogP contribution in [-0.4, -0.2) is 55.7 Å². The molecule has 3 aliphatic rings. The number of likely N-dealkylation sites (tertiary alicyclic amines) is 1. The Balaban J connectivity index is 1.24. The molecule has 4 heteroatoms. The summed E-state index contributed by atoms with van der Waals surface area (Å²) in [6.07, 6.45) is 4.61. The molecule has 4 heterocycles. The van der Waals surface area contributed by atoms with Crippen LogP contribution in [0.1, 0.15) is 18.4 Å². The van der Waals surface area contributed by atoms with E-state index in [0.717, 1.165) is 11.7 Å². The molecule has 1 aromatic heterocycles. The Morgan fingerprint density at radius 3 is 2.57 bits per heavy atom. The van der Waals surface area contributed by atoms with E-state index in [9.17, 15) is 0 Å². The maximum absolute atomic E-state index is 4.56. The maximum Gasteiger partial charge on any atom is 0.128 e. The van der Waals surface area contributed by atoms with E-state index in [2.05, 4.69) is 39.2 Å². The van der Waals surface area contributed by atoms with E-state index in [-0.39, 0.29) is 0 Å². The Morgan fingerprint density at radius 1 is 1.24 bits per heavy atom. The molecule has 0 atom stereocenters. The molecule has 21 heavy (non-hydrogen) atoms. The Kier molecular flexibility index (Phi) is 3.38. The van der Waals surface area contributed by atoms with Gasteiger partial charge in [-0.1, -0.05) is 6.07 Å². The van der Waals surface area contributed by atoms with Gasteiger partial charge < -0.3 is 15.1 Å². The van der Waals surface area contributed by atoms with Crippen LogP contribution in [0.15, 0.2) is 18.3 Å². The highest BCUT2D eigenvalue weighted by Crippen LogP contribution is 2.35. The number of nitrogens with zero attached hydrogens (tertiary/aromatic N) is 3. The summed E-state index contributed by atoms with van der Waals surface area (Å²) in [5, 5.41) is 3.42. The fourth-order valence-corrected chi connectivity index (χ4v) is 4.09. The molecule has 4 nitrogen and oxygen atoms in total. The molecular weight excluding hydrogens is 260 g/mol. The van der Waals surface area contributed by atoms with Gasteiger partial charge in [0, 0.05) is 57.4 Å². The van der Waals surface area contributed by atoms with Crippen LogP contribution in [0.5, 0.6) is 0 Å². The fourth-order valence-electron chi connectivity index (χ4n) is 4.09. The second-order valence-corrected chi connectivity index (χ2v) is 7.40. The molecule has 3 aliphatic heterocycles. The predicted molar refractivity (Wildman–Crippen MR) is 85.7 cm³/mol. The molecule has 0 aromatic carbocycles. The summed E-state index contributed by atoms with van der Waals surface area (Å²) < 4.78 is 0. The molecule has 1 aromatic rings. The Morgan fingerprint density at radius 2 is 2.00 bits per heavy atom. The number of pyridine rings is 1. The van der Waals surface area contributed by atoms with Crippen molar-refractivity contribution in [3.63, 3.8) is 0 Å². The first kappa shape index (κ1) is 13.5. The Bertz CT molecular complexity index is 478. The van der Waals surface area contributed by atoms with Gasteiger partial charge in [0.1, 0.15) is 5.82 Å². The predicted octanol–water partition coefficient (Wildman–Crippen LogP) is 1.51. The Hall–Kier alpha value is -1.13. The second kappa shape index (κ2) is 5.25. The standard InChI is InChI=1S/C17H26N4/c1-14-2-3-16(19-8-14)21-6-4-15(5-7-21)9-20-12-17(13-20)10-18-11-17/h2-3,8,15,18H,4-7,9-13H2,1H3. The molecular formula is C17H26N4. The van der Waals surface area contributed by atoms with Crippen molar-refractivity contribution in [3.05, 3.63) is 23.9 Å². The molecule has 3 fully saturated rings. The fraction of sp³-hybridized carbons (Fsp3) is 0.706. The zero-order valence-electron chi connectivity index (χ0n) is 13.0.